The van der Waals surface area contributed by atoms with Crippen molar-refractivity contribution in [3.05, 3.63) is 70.3 Å². The molecule has 206 valence electrons. The van der Waals surface area contributed by atoms with E-state index >= 15 is 0 Å². The molecule has 40 heavy (non-hydrogen) atoms. The number of carbonyl (C=O) groups is 1. The van der Waals surface area contributed by atoms with Crippen molar-refractivity contribution in [2.45, 2.75) is 25.3 Å². The number of methoxy groups -OCH3 is 1. The van der Waals surface area contributed by atoms with Gasteiger partial charge in [-0.2, -0.15) is 17.7 Å². The van der Waals surface area contributed by atoms with E-state index in [4.69, 9.17) is 13.9 Å². The molecule has 2 aromatic carbocycles. The number of nitrogens with one attached hydrogen (secondary N) is 1. The predicted octanol–water partition coefficient (Wildman–Crippen LogP) is 4.27. The summed E-state index contributed by atoms with van der Waals surface area (Å²) in [4.78, 5) is 36.7. The Balaban J connectivity index is 1.60. The molecule has 1 amide bonds. The van der Waals surface area contributed by atoms with Crippen LogP contribution in [0.5, 0.6) is 5.75 Å². The number of carbonyl (C=O) groups excluding carboxylic acids is 1. The predicted molar refractivity (Wildman–Crippen MR) is 137 cm³/mol. The van der Waals surface area contributed by atoms with E-state index in [-0.39, 0.29) is 46.4 Å². The SMILES string of the molecule is COc1cccc2oc(-c3c(COC4CCN(C)C4=O)nc4c(-c5ccccc5)c(C(F)(F)F)[nH]n4c3=O)nc12. The monoisotopic (exact) mass is 553 g/mol. The fraction of sp³-hybridized carbons (Fsp3) is 0.259. The van der Waals surface area contributed by atoms with Crippen molar-refractivity contribution in [3.63, 3.8) is 0 Å². The lowest BCUT2D eigenvalue weighted by atomic mass is 10.1. The number of benzene rings is 2. The van der Waals surface area contributed by atoms with E-state index in [9.17, 15) is 22.8 Å². The van der Waals surface area contributed by atoms with Gasteiger partial charge in [0.1, 0.15) is 23.1 Å². The molecule has 1 aliphatic heterocycles. The van der Waals surface area contributed by atoms with Gasteiger partial charge in [0.25, 0.3) is 11.5 Å². The fourth-order valence-corrected chi connectivity index (χ4v) is 4.84. The molecule has 4 heterocycles. The normalized spacial score (nSPS) is 16.0. The van der Waals surface area contributed by atoms with Crippen molar-refractivity contribution in [2.24, 2.45) is 0 Å². The third-order valence-electron chi connectivity index (χ3n) is 6.82. The average molecular weight is 553 g/mol. The van der Waals surface area contributed by atoms with E-state index in [2.05, 4.69) is 15.1 Å². The van der Waals surface area contributed by atoms with E-state index < -0.39 is 23.5 Å². The first kappa shape index (κ1) is 25.6. The average Bonchev–Trinajstić information content (AvgIpc) is 3.63. The second kappa shape index (κ2) is 9.52. The van der Waals surface area contributed by atoms with Crippen LogP contribution in [0.4, 0.5) is 13.2 Å². The summed E-state index contributed by atoms with van der Waals surface area (Å²) in [5, 5.41) is 2.20. The van der Waals surface area contributed by atoms with Crippen molar-refractivity contribution in [1.82, 2.24) is 24.5 Å². The van der Waals surface area contributed by atoms with Crippen LogP contribution in [0.3, 0.4) is 0 Å². The Labute approximate surface area is 223 Å². The molecule has 0 spiro atoms. The summed E-state index contributed by atoms with van der Waals surface area (Å²) >= 11 is 0. The molecular formula is C27H22F3N5O5. The lowest BCUT2D eigenvalue weighted by Crippen LogP contribution is -2.28. The van der Waals surface area contributed by atoms with Crippen LogP contribution in [0.1, 0.15) is 17.8 Å². The van der Waals surface area contributed by atoms with Crippen molar-refractivity contribution in [2.75, 3.05) is 20.7 Å². The topological polar surface area (TPSA) is 115 Å². The van der Waals surface area contributed by atoms with Crippen LogP contribution in [0.25, 0.3) is 39.3 Å². The molecule has 0 bridgehead atoms. The quantitative estimate of drug-likeness (QED) is 0.334. The largest absolute Gasteiger partial charge is 0.494 e. The number of hydrogen-bond acceptors (Lipinski definition) is 7. The van der Waals surface area contributed by atoms with Gasteiger partial charge in [0.05, 0.1) is 25.0 Å². The summed E-state index contributed by atoms with van der Waals surface area (Å²) in [5.41, 5.74) is -1.98. The molecular weight excluding hydrogens is 531 g/mol. The van der Waals surface area contributed by atoms with Gasteiger partial charge in [-0.25, -0.2) is 9.97 Å². The third kappa shape index (κ3) is 4.18. The minimum absolute atomic E-state index is 0.0252. The van der Waals surface area contributed by atoms with Gasteiger partial charge in [0.15, 0.2) is 16.7 Å². The molecule has 10 nitrogen and oxygen atoms in total. The van der Waals surface area contributed by atoms with Crippen molar-refractivity contribution in [3.8, 4) is 28.3 Å². The number of rotatable bonds is 6. The van der Waals surface area contributed by atoms with E-state index in [1.807, 2.05) is 0 Å². The van der Waals surface area contributed by atoms with E-state index in [1.165, 1.54) is 24.1 Å². The Bertz CT molecular complexity index is 1810. The summed E-state index contributed by atoms with van der Waals surface area (Å²) in [6.45, 7) is 0.142. The molecule has 1 atom stereocenters. The van der Waals surface area contributed by atoms with Crippen LogP contribution < -0.4 is 10.3 Å². The lowest BCUT2D eigenvalue weighted by molar-refractivity contribution is -0.140. The minimum Gasteiger partial charge on any atom is -0.494 e. The number of H-pyrrole nitrogens is 1. The first-order chi connectivity index (χ1) is 19.2. The van der Waals surface area contributed by atoms with Crippen LogP contribution >= 0.6 is 0 Å². The highest BCUT2D eigenvalue weighted by Gasteiger charge is 2.39. The molecule has 13 heteroatoms. The maximum Gasteiger partial charge on any atom is 0.433 e. The Morgan fingerprint density at radius 3 is 2.52 bits per heavy atom. The molecule has 6 rings (SSSR count). The fourth-order valence-electron chi connectivity index (χ4n) is 4.84. The first-order valence-electron chi connectivity index (χ1n) is 12.3. The maximum atomic E-state index is 14.2. The van der Waals surface area contributed by atoms with Gasteiger partial charge in [-0.15, -0.1) is 0 Å². The molecule has 5 aromatic rings. The first-order valence-corrected chi connectivity index (χ1v) is 12.3. The molecule has 1 aliphatic rings. The molecule has 1 unspecified atom stereocenters. The molecule has 3 aromatic heterocycles. The number of oxazole rings is 1. The van der Waals surface area contributed by atoms with Crippen LogP contribution in [-0.2, 0) is 22.3 Å². The van der Waals surface area contributed by atoms with Gasteiger partial charge in [-0.05, 0) is 17.7 Å². The van der Waals surface area contributed by atoms with Crippen LogP contribution in [0, 0.1) is 0 Å². The number of likely N-dealkylation sites (N-methyl/N-ethyl adjacent to an activating group) is 1. The second-order valence-electron chi connectivity index (χ2n) is 9.30. The number of likely N-dealkylation sites (tertiary alicyclic amines) is 1. The smallest absolute Gasteiger partial charge is 0.433 e. The zero-order chi connectivity index (χ0) is 28.2. The lowest BCUT2D eigenvalue weighted by Gasteiger charge is -2.13. The van der Waals surface area contributed by atoms with Crippen molar-refractivity contribution in [1.29, 1.82) is 0 Å². The van der Waals surface area contributed by atoms with Gasteiger partial charge in [-0.3, -0.25) is 14.7 Å². The van der Waals surface area contributed by atoms with Crippen LogP contribution in [-0.4, -0.2) is 57.2 Å². The number of amides is 1. The number of halogens is 3. The van der Waals surface area contributed by atoms with Gasteiger partial charge in [0, 0.05) is 20.0 Å². The van der Waals surface area contributed by atoms with Crippen LogP contribution in [0.15, 0.2) is 57.7 Å². The number of aromatic amines is 1. The number of nitrogens with zero attached hydrogens (tertiary/aromatic N) is 4. The van der Waals surface area contributed by atoms with Gasteiger partial charge < -0.3 is 18.8 Å². The Hall–Kier alpha value is -4.65. The highest BCUT2D eigenvalue weighted by Crippen LogP contribution is 2.39. The summed E-state index contributed by atoms with van der Waals surface area (Å²) in [5.74, 6) is -0.0363. The summed E-state index contributed by atoms with van der Waals surface area (Å²) in [7, 11) is 3.09. The molecule has 1 fully saturated rings. The minimum atomic E-state index is -4.83. The van der Waals surface area contributed by atoms with Gasteiger partial charge in [0.2, 0.25) is 5.89 Å². The molecule has 0 aliphatic carbocycles. The Morgan fingerprint density at radius 2 is 1.85 bits per heavy atom. The number of ether oxygens (including phenoxy) is 2. The molecule has 0 radical (unpaired) electrons. The van der Waals surface area contributed by atoms with E-state index in [1.54, 1.807) is 43.4 Å². The summed E-state index contributed by atoms with van der Waals surface area (Å²) < 4.78 is 60.4. The highest BCUT2D eigenvalue weighted by molar-refractivity contribution is 5.84. The van der Waals surface area contributed by atoms with Gasteiger partial charge >= 0.3 is 6.18 Å². The van der Waals surface area contributed by atoms with E-state index in [0.717, 1.165) is 4.52 Å². The van der Waals surface area contributed by atoms with Crippen molar-refractivity contribution < 1.29 is 31.9 Å². The standard InChI is InChI=1S/C27H22F3N5O5/c1-34-12-11-18(25(34)36)39-13-15-20(24-32-21-16(38-2)9-6-10-17(21)40-24)26(37)35-23(31-15)19(14-7-4-3-5-8-14)22(33-35)27(28,29)30/h3-10,18,33H,11-13H2,1-2H3. The van der Waals surface area contributed by atoms with E-state index in [0.29, 0.717) is 29.8 Å². The number of hydrogen-bond donors (Lipinski definition) is 1. The molecule has 1 N–H and O–H groups in total. The number of aromatic nitrogens is 4. The zero-order valence-electron chi connectivity index (χ0n) is 21.3. The summed E-state index contributed by atoms with van der Waals surface area (Å²) in [6, 6.07) is 12.8. The maximum absolute atomic E-state index is 14.2. The number of para-hydroxylation sites is 1. The number of fused-ring (bicyclic) bond motifs is 2. The highest BCUT2D eigenvalue weighted by atomic mass is 19.4. The Kier molecular flexibility index (Phi) is 6.10. The second-order valence-corrected chi connectivity index (χ2v) is 9.30. The van der Waals surface area contributed by atoms with Crippen LogP contribution in [0.2, 0.25) is 0 Å². The zero-order valence-corrected chi connectivity index (χ0v) is 21.3. The molecule has 1 saturated heterocycles. The molecule has 0 saturated carbocycles. The third-order valence-corrected chi connectivity index (χ3v) is 6.82. The number of alkyl halides is 3. The summed E-state index contributed by atoms with van der Waals surface area (Å²) in [6.07, 6.45) is -5.19. The Morgan fingerprint density at radius 1 is 1.07 bits per heavy atom. The van der Waals surface area contributed by atoms with Gasteiger partial charge in [-0.1, -0.05) is 36.4 Å². The van der Waals surface area contributed by atoms with Crippen molar-refractivity contribution >= 4 is 22.7 Å².